The number of ether oxygens (including phenoxy) is 4. The number of rotatable bonds is 10. The molecule has 10 aromatic rings. The summed E-state index contributed by atoms with van der Waals surface area (Å²) in [6.45, 7) is 6.65. The molecule has 0 radical (unpaired) electrons. The van der Waals surface area contributed by atoms with Crippen molar-refractivity contribution >= 4 is 21.5 Å². The monoisotopic (exact) mass is 940 g/mol. The Kier molecular flexibility index (Phi) is 10.5. The van der Waals surface area contributed by atoms with Crippen LogP contribution in [-0.2, 0) is 20.3 Å². The molecule has 2 heterocycles. The Hall–Kier alpha value is -8.16. The first-order chi connectivity index (χ1) is 35.3. The smallest absolute Gasteiger partial charge is 0.120 e. The molecule has 2 fully saturated rings. The van der Waals surface area contributed by atoms with E-state index in [2.05, 4.69) is 182 Å². The highest BCUT2D eigenvalue weighted by molar-refractivity contribution is 5.92. The summed E-state index contributed by atoms with van der Waals surface area (Å²) in [5.74, 6) is 2.35. The van der Waals surface area contributed by atoms with Crippen LogP contribution in [0, 0.1) is 13.8 Å². The van der Waals surface area contributed by atoms with E-state index < -0.39 is 10.8 Å². The first kappa shape index (κ1) is 43.8. The second-order valence-corrected chi connectivity index (χ2v) is 19.7. The van der Waals surface area contributed by atoms with Gasteiger partial charge in [0, 0.05) is 0 Å². The van der Waals surface area contributed by atoms with Gasteiger partial charge in [-0.15, -0.1) is 0 Å². The molecular weight excluding hydrogens is 889 g/mol. The molecule has 72 heavy (non-hydrogen) atoms. The van der Waals surface area contributed by atoms with Gasteiger partial charge in [-0.3, -0.25) is 0 Å². The number of epoxide rings is 2. The fourth-order valence-corrected chi connectivity index (χ4v) is 11.6. The number of phenolic OH excluding ortho intramolecular Hbond substituents is 2. The van der Waals surface area contributed by atoms with E-state index in [0.29, 0.717) is 24.7 Å². The fraction of sp³-hybridized carbons (Fsp3) is 0.152. The van der Waals surface area contributed by atoms with Gasteiger partial charge < -0.3 is 29.2 Å². The Morgan fingerprint density at radius 3 is 1.04 bits per heavy atom. The molecule has 0 spiro atoms. The number of aryl methyl sites for hydroxylation is 2. The first-order valence-corrected chi connectivity index (χ1v) is 24.9. The fourth-order valence-electron chi connectivity index (χ4n) is 11.6. The summed E-state index contributed by atoms with van der Waals surface area (Å²) in [5, 5.41) is 25.1. The van der Waals surface area contributed by atoms with Gasteiger partial charge in [-0.1, -0.05) is 158 Å². The van der Waals surface area contributed by atoms with E-state index in [1.807, 2.05) is 26.0 Å². The van der Waals surface area contributed by atoms with Gasteiger partial charge in [-0.2, -0.15) is 0 Å². The van der Waals surface area contributed by atoms with Gasteiger partial charge in [0.05, 0.1) is 24.0 Å². The number of hydrogen-bond donors (Lipinski definition) is 2. The maximum absolute atomic E-state index is 10.2. The van der Waals surface area contributed by atoms with Crippen LogP contribution in [0.25, 0.3) is 43.8 Å². The predicted molar refractivity (Wildman–Crippen MR) is 286 cm³/mol. The molecule has 2 unspecified atom stereocenters. The first-order valence-electron chi connectivity index (χ1n) is 24.9. The van der Waals surface area contributed by atoms with E-state index in [1.165, 1.54) is 66.4 Å². The molecule has 6 heteroatoms. The quantitative estimate of drug-likeness (QED) is 0.133. The largest absolute Gasteiger partial charge is 0.508 e. The van der Waals surface area contributed by atoms with Crippen molar-refractivity contribution in [1.82, 2.24) is 0 Å². The van der Waals surface area contributed by atoms with Crippen LogP contribution < -0.4 is 9.47 Å². The van der Waals surface area contributed by atoms with Gasteiger partial charge >= 0.3 is 0 Å². The highest BCUT2D eigenvalue weighted by atomic mass is 16.6. The Balaban J connectivity index is 0.000000152. The summed E-state index contributed by atoms with van der Waals surface area (Å²) in [7, 11) is 0. The van der Waals surface area contributed by atoms with Crippen molar-refractivity contribution in [3.8, 4) is 45.3 Å². The topological polar surface area (TPSA) is 84.0 Å². The van der Waals surface area contributed by atoms with Gasteiger partial charge in [-0.05, 0) is 162 Å². The van der Waals surface area contributed by atoms with E-state index in [1.54, 1.807) is 12.1 Å². The maximum Gasteiger partial charge on any atom is 0.120 e. The van der Waals surface area contributed by atoms with Crippen molar-refractivity contribution in [2.24, 2.45) is 0 Å². The molecule has 2 atom stereocenters. The third-order valence-electron chi connectivity index (χ3n) is 15.3. The lowest BCUT2D eigenvalue weighted by Crippen LogP contribution is -2.28. The number of hydrogen-bond acceptors (Lipinski definition) is 6. The Bertz CT molecular complexity index is 3510. The lowest BCUT2D eigenvalue weighted by molar-refractivity contribution is 0.263. The minimum Gasteiger partial charge on any atom is -0.508 e. The van der Waals surface area contributed by atoms with Crippen LogP contribution in [0.15, 0.2) is 206 Å². The van der Waals surface area contributed by atoms with Crippen molar-refractivity contribution in [3.05, 3.63) is 262 Å². The Labute approximate surface area is 419 Å². The second-order valence-electron chi connectivity index (χ2n) is 19.7. The van der Waals surface area contributed by atoms with Crippen LogP contribution in [0.1, 0.15) is 55.6 Å². The third kappa shape index (κ3) is 7.24. The molecular formula is C66H52O6. The van der Waals surface area contributed by atoms with E-state index in [0.717, 1.165) is 57.7 Å². The highest BCUT2D eigenvalue weighted by Gasteiger charge is 2.47. The van der Waals surface area contributed by atoms with E-state index in [4.69, 9.17) is 18.9 Å². The van der Waals surface area contributed by atoms with Crippen LogP contribution >= 0.6 is 0 Å². The molecule has 0 saturated carbocycles. The number of phenols is 2. The van der Waals surface area contributed by atoms with Gasteiger partial charge in [0.15, 0.2) is 0 Å². The molecule has 2 N–H and O–H groups in total. The van der Waals surface area contributed by atoms with Crippen molar-refractivity contribution in [3.63, 3.8) is 0 Å². The van der Waals surface area contributed by atoms with Crippen molar-refractivity contribution in [2.45, 2.75) is 36.9 Å². The van der Waals surface area contributed by atoms with E-state index >= 15 is 0 Å². The average molecular weight is 941 g/mol. The van der Waals surface area contributed by atoms with Crippen molar-refractivity contribution < 1.29 is 29.2 Å². The number of benzene rings is 10. The zero-order valence-electron chi connectivity index (χ0n) is 40.1. The molecule has 14 rings (SSSR count). The van der Waals surface area contributed by atoms with E-state index in [9.17, 15) is 10.2 Å². The minimum absolute atomic E-state index is 0.235. The zero-order chi connectivity index (χ0) is 48.6. The van der Waals surface area contributed by atoms with Gasteiger partial charge in [-0.25, -0.2) is 0 Å². The molecule has 0 aromatic heterocycles. The molecule has 2 aliphatic heterocycles. The summed E-state index contributed by atoms with van der Waals surface area (Å²) in [6.07, 6.45) is 0.470. The zero-order valence-corrected chi connectivity index (χ0v) is 40.1. The molecule has 10 aromatic carbocycles. The summed E-state index contributed by atoms with van der Waals surface area (Å²) >= 11 is 0. The summed E-state index contributed by atoms with van der Waals surface area (Å²) in [4.78, 5) is 0. The number of fused-ring (bicyclic) bond motifs is 8. The SMILES string of the molecule is Cc1cc(C2(c3ccc(O)c(C)c3)c3ccccc3-c3ccccc32)ccc1O.c1ccc2c(c1)-c1ccccc1C2(c1ccc2cc(OCC3CO3)ccc2c1)c1ccc2cc(OCC3CO3)ccc2c1. The third-order valence-corrected chi connectivity index (χ3v) is 15.3. The predicted octanol–water partition coefficient (Wildman–Crippen LogP) is 14.0. The van der Waals surface area contributed by atoms with Gasteiger partial charge in [0.25, 0.3) is 0 Å². The Morgan fingerprint density at radius 1 is 0.389 bits per heavy atom. The highest BCUT2D eigenvalue weighted by Crippen LogP contribution is 2.58. The normalized spacial score (nSPS) is 17.0. The second kappa shape index (κ2) is 17.3. The molecule has 0 bridgehead atoms. The molecule has 352 valence electrons. The maximum atomic E-state index is 10.2. The minimum atomic E-state index is -0.510. The van der Waals surface area contributed by atoms with Crippen LogP contribution in [-0.4, -0.2) is 48.8 Å². The van der Waals surface area contributed by atoms with Crippen LogP contribution in [0.2, 0.25) is 0 Å². The summed E-state index contributed by atoms with van der Waals surface area (Å²) < 4.78 is 22.6. The van der Waals surface area contributed by atoms with E-state index in [-0.39, 0.29) is 12.2 Å². The molecule has 4 aliphatic rings. The van der Waals surface area contributed by atoms with Crippen molar-refractivity contribution in [2.75, 3.05) is 26.4 Å². The van der Waals surface area contributed by atoms with Crippen LogP contribution in [0.3, 0.4) is 0 Å². The lowest BCUT2D eigenvalue weighted by atomic mass is 9.67. The summed E-state index contributed by atoms with van der Waals surface area (Å²) in [6, 6.07) is 73.2. The average Bonchev–Trinajstić information content (AvgIpc) is 4.38. The standard InChI is InChI=1S/C39H30O4.C27H22O2/c1-3-7-37-35(5-1)36-6-2-4-8-38(36)39(37,29-13-9-27-19-31(15-11-25(27)17-29)40-21-33-23-42-33)30-14-10-28-20-32(16-12-26(28)18-30)41-22-34-24-43-34;1-17-15-19(11-13-25(17)28)27(20-12-14-26(29)18(2)16-20)23-9-5-3-7-21(23)22-8-4-6-10-24(22)27/h1-20,33-34H,21-24H2;3-16,28-29H,1-2H3. The van der Waals surface area contributed by atoms with Crippen LogP contribution in [0.5, 0.6) is 23.0 Å². The molecule has 0 amide bonds. The van der Waals surface area contributed by atoms with Crippen LogP contribution in [0.4, 0.5) is 0 Å². The Morgan fingerprint density at radius 2 is 0.694 bits per heavy atom. The van der Waals surface area contributed by atoms with Crippen molar-refractivity contribution in [1.29, 1.82) is 0 Å². The molecule has 2 aliphatic carbocycles. The van der Waals surface area contributed by atoms with Gasteiger partial charge in [0.2, 0.25) is 0 Å². The number of aromatic hydroxyl groups is 2. The molecule has 2 saturated heterocycles. The van der Waals surface area contributed by atoms with Gasteiger partial charge in [0.1, 0.15) is 48.4 Å². The lowest BCUT2D eigenvalue weighted by Gasteiger charge is -2.34. The molecule has 6 nitrogen and oxygen atoms in total. The summed E-state index contributed by atoms with van der Waals surface area (Å²) in [5.41, 5.74) is 15.5.